The predicted octanol–water partition coefficient (Wildman–Crippen LogP) is 2.42. The molecule has 1 heterocycles. The van der Waals surface area contributed by atoms with Crippen LogP contribution in [-0.2, 0) is 11.3 Å². The fourth-order valence-corrected chi connectivity index (χ4v) is 3.42. The molecule has 5 heteroatoms. The van der Waals surface area contributed by atoms with Crippen LogP contribution in [0.2, 0.25) is 0 Å². The van der Waals surface area contributed by atoms with E-state index < -0.39 is 0 Å². The van der Waals surface area contributed by atoms with Gasteiger partial charge in [0, 0.05) is 36.3 Å². The number of nitrogens with zero attached hydrogens (tertiary/aromatic N) is 1. The highest BCUT2D eigenvalue weighted by Gasteiger charge is 2.31. The van der Waals surface area contributed by atoms with Crippen molar-refractivity contribution in [2.24, 2.45) is 0 Å². The summed E-state index contributed by atoms with van der Waals surface area (Å²) in [5.41, 5.74) is 2.46. The van der Waals surface area contributed by atoms with Crippen molar-refractivity contribution in [3.8, 4) is 0 Å². The van der Waals surface area contributed by atoms with Gasteiger partial charge in [0.1, 0.15) is 6.04 Å². The highest BCUT2D eigenvalue weighted by Crippen LogP contribution is 2.31. The first-order chi connectivity index (χ1) is 10.2. The maximum atomic E-state index is 12.1. The van der Waals surface area contributed by atoms with Crippen LogP contribution in [0.5, 0.6) is 0 Å². The van der Waals surface area contributed by atoms with Crippen molar-refractivity contribution >= 4 is 27.5 Å². The van der Waals surface area contributed by atoms with E-state index in [-0.39, 0.29) is 11.9 Å². The zero-order valence-electron chi connectivity index (χ0n) is 12.4. The fourth-order valence-electron chi connectivity index (χ4n) is 3.01. The molecule has 0 bridgehead atoms. The van der Waals surface area contributed by atoms with Gasteiger partial charge < -0.3 is 15.5 Å². The van der Waals surface area contributed by atoms with Crippen molar-refractivity contribution < 1.29 is 4.79 Å². The van der Waals surface area contributed by atoms with Crippen LogP contribution in [0.4, 0.5) is 5.69 Å². The van der Waals surface area contributed by atoms with E-state index in [1.807, 2.05) is 0 Å². The fraction of sp³-hybridized carbons (Fsp3) is 0.562. The Hall–Kier alpha value is -1.07. The van der Waals surface area contributed by atoms with Gasteiger partial charge in [-0.05, 0) is 49.4 Å². The normalized spacial score (nSPS) is 21.6. The summed E-state index contributed by atoms with van der Waals surface area (Å²) in [5, 5.41) is 6.37. The number of anilines is 1. The second kappa shape index (κ2) is 6.36. The molecular formula is C16H22BrN3O. The molecule has 0 spiro atoms. The van der Waals surface area contributed by atoms with Crippen LogP contribution in [0.15, 0.2) is 22.7 Å². The zero-order chi connectivity index (χ0) is 14.8. The van der Waals surface area contributed by atoms with Crippen LogP contribution in [0.25, 0.3) is 0 Å². The van der Waals surface area contributed by atoms with Crippen molar-refractivity contribution in [3.63, 3.8) is 0 Å². The topological polar surface area (TPSA) is 44.4 Å². The lowest BCUT2D eigenvalue weighted by atomic mass is 10.1. The number of amides is 1. The van der Waals surface area contributed by atoms with E-state index in [1.165, 1.54) is 24.1 Å². The minimum absolute atomic E-state index is 0.0316. The van der Waals surface area contributed by atoms with E-state index in [0.717, 1.165) is 30.4 Å². The average molecular weight is 352 g/mol. The molecule has 1 unspecified atom stereocenters. The first kappa shape index (κ1) is 14.9. The third-order valence-corrected chi connectivity index (χ3v) is 4.80. The number of carbonyl (C=O) groups is 1. The molecule has 1 aliphatic carbocycles. The predicted molar refractivity (Wildman–Crippen MR) is 88.4 cm³/mol. The van der Waals surface area contributed by atoms with Crippen LogP contribution in [0, 0.1) is 0 Å². The summed E-state index contributed by atoms with van der Waals surface area (Å²) in [6.07, 6.45) is 4.58. The number of carbonyl (C=O) groups excluding carboxylic acids is 1. The van der Waals surface area contributed by atoms with Crippen molar-refractivity contribution in [2.75, 3.05) is 18.5 Å². The van der Waals surface area contributed by atoms with Gasteiger partial charge in [0.05, 0.1) is 0 Å². The molecule has 1 saturated heterocycles. The Bertz CT molecular complexity index is 530. The Morgan fingerprint density at radius 2 is 2.19 bits per heavy atom. The second-order valence-corrected chi connectivity index (χ2v) is 6.81. The molecule has 3 rings (SSSR count). The average Bonchev–Trinajstić information content (AvgIpc) is 3.20. The van der Waals surface area contributed by atoms with Crippen LogP contribution in [-0.4, -0.2) is 31.6 Å². The van der Waals surface area contributed by atoms with Crippen LogP contribution in [0.3, 0.4) is 0 Å². The molecule has 0 radical (unpaired) electrons. The summed E-state index contributed by atoms with van der Waals surface area (Å²) in [6.45, 7) is 1.83. The summed E-state index contributed by atoms with van der Waals surface area (Å²) in [4.78, 5) is 14.3. The van der Waals surface area contributed by atoms with E-state index in [9.17, 15) is 4.79 Å². The highest BCUT2D eigenvalue weighted by molar-refractivity contribution is 9.10. The van der Waals surface area contributed by atoms with Gasteiger partial charge in [-0.3, -0.25) is 4.79 Å². The molecule has 2 fully saturated rings. The van der Waals surface area contributed by atoms with Gasteiger partial charge in [-0.25, -0.2) is 0 Å². The van der Waals surface area contributed by atoms with E-state index in [1.54, 1.807) is 7.05 Å². The summed E-state index contributed by atoms with van der Waals surface area (Å²) in [7, 11) is 1.72. The van der Waals surface area contributed by atoms with E-state index >= 15 is 0 Å². The van der Waals surface area contributed by atoms with Gasteiger partial charge in [0.15, 0.2) is 0 Å². The molecule has 1 amide bonds. The molecular weight excluding hydrogens is 330 g/mol. The van der Waals surface area contributed by atoms with Crippen molar-refractivity contribution in [2.45, 2.75) is 44.3 Å². The standard InChI is InChI=1S/C16H22BrN3O/c1-18-16(21)15-3-2-8-20(15)14-7-4-12(17)9-11(14)10-19-13-5-6-13/h4,7,9,13,15,19H,2-3,5-6,8,10H2,1H3,(H,18,21). The Morgan fingerprint density at radius 3 is 2.90 bits per heavy atom. The van der Waals surface area contributed by atoms with E-state index in [4.69, 9.17) is 0 Å². The maximum absolute atomic E-state index is 12.1. The van der Waals surface area contributed by atoms with Gasteiger partial charge in [-0.1, -0.05) is 15.9 Å². The summed E-state index contributed by atoms with van der Waals surface area (Å²) in [5.74, 6) is 0.122. The lowest BCUT2D eigenvalue weighted by molar-refractivity contribution is -0.121. The minimum atomic E-state index is -0.0316. The zero-order valence-corrected chi connectivity index (χ0v) is 13.9. The van der Waals surface area contributed by atoms with Gasteiger partial charge in [-0.2, -0.15) is 0 Å². The van der Waals surface area contributed by atoms with Gasteiger partial charge in [0.2, 0.25) is 5.91 Å². The van der Waals surface area contributed by atoms with E-state index in [0.29, 0.717) is 6.04 Å². The molecule has 4 nitrogen and oxygen atoms in total. The molecule has 2 N–H and O–H groups in total. The maximum Gasteiger partial charge on any atom is 0.242 e. The number of nitrogens with one attached hydrogen (secondary N) is 2. The Balaban J connectivity index is 1.83. The number of rotatable bonds is 5. The Labute approximate surface area is 134 Å². The van der Waals surface area contributed by atoms with Crippen LogP contribution >= 0.6 is 15.9 Å². The lowest BCUT2D eigenvalue weighted by Crippen LogP contribution is -2.42. The van der Waals surface area contributed by atoms with Gasteiger partial charge >= 0.3 is 0 Å². The second-order valence-electron chi connectivity index (χ2n) is 5.89. The summed E-state index contributed by atoms with van der Waals surface area (Å²) < 4.78 is 1.09. The summed E-state index contributed by atoms with van der Waals surface area (Å²) >= 11 is 3.56. The molecule has 114 valence electrons. The number of benzene rings is 1. The van der Waals surface area contributed by atoms with E-state index in [2.05, 4.69) is 49.7 Å². The van der Waals surface area contributed by atoms with Crippen LogP contribution < -0.4 is 15.5 Å². The van der Waals surface area contributed by atoms with Crippen molar-refractivity contribution in [1.82, 2.24) is 10.6 Å². The molecule has 2 aliphatic rings. The third-order valence-electron chi connectivity index (χ3n) is 4.31. The third kappa shape index (κ3) is 3.40. The van der Waals surface area contributed by atoms with Crippen LogP contribution in [0.1, 0.15) is 31.2 Å². The van der Waals surface area contributed by atoms with Crippen molar-refractivity contribution in [1.29, 1.82) is 0 Å². The van der Waals surface area contributed by atoms with Gasteiger partial charge in [-0.15, -0.1) is 0 Å². The highest BCUT2D eigenvalue weighted by atomic mass is 79.9. The summed E-state index contributed by atoms with van der Waals surface area (Å²) in [6, 6.07) is 7.02. The molecule has 1 atom stereocenters. The first-order valence-electron chi connectivity index (χ1n) is 7.69. The quantitative estimate of drug-likeness (QED) is 0.856. The monoisotopic (exact) mass is 351 g/mol. The molecule has 1 saturated carbocycles. The van der Waals surface area contributed by atoms with Gasteiger partial charge in [0.25, 0.3) is 0 Å². The minimum Gasteiger partial charge on any atom is -0.359 e. The number of likely N-dealkylation sites (N-methyl/N-ethyl adjacent to an activating group) is 1. The Kier molecular flexibility index (Phi) is 4.50. The van der Waals surface area contributed by atoms with Crippen molar-refractivity contribution in [3.05, 3.63) is 28.2 Å². The SMILES string of the molecule is CNC(=O)C1CCCN1c1ccc(Br)cc1CNC1CC1. The molecule has 1 aromatic carbocycles. The molecule has 0 aromatic heterocycles. The number of hydrogen-bond acceptors (Lipinski definition) is 3. The number of halogens is 1. The largest absolute Gasteiger partial charge is 0.359 e. The Morgan fingerprint density at radius 1 is 1.38 bits per heavy atom. The molecule has 1 aromatic rings. The molecule has 1 aliphatic heterocycles. The molecule has 21 heavy (non-hydrogen) atoms. The number of hydrogen-bond donors (Lipinski definition) is 2. The first-order valence-corrected chi connectivity index (χ1v) is 8.48. The lowest BCUT2D eigenvalue weighted by Gasteiger charge is -2.28. The smallest absolute Gasteiger partial charge is 0.242 e.